The van der Waals surface area contributed by atoms with E-state index in [0.29, 0.717) is 6.54 Å². The number of carbonyl (C=O) groups is 1. The number of likely N-dealkylation sites (N-methyl/N-ethyl adjacent to an activating group) is 1. The average Bonchev–Trinajstić information content (AvgIpc) is 2.30. The maximum Gasteiger partial charge on any atom is 0.225 e. The molecule has 1 aromatic rings. The summed E-state index contributed by atoms with van der Waals surface area (Å²) in [4.78, 5) is 13.7. The Morgan fingerprint density at radius 3 is 2.68 bits per heavy atom. The van der Waals surface area contributed by atoms with Crippen molar-refractivity contribution in [3.63, 3.8) is 0 Å². The van der Waals surface area contributed by atoms with Crippen LogP contribution >= 0.6 is 0 Å². The summed E-state index contributed by atoms with van der Waals surface area (Å²) < 4.78 is 12.8. The molecule has 0 spiro atoms. The summed E-state index contributed by atoms with van der Waals surface area (Å²) in [5.74, 6) is 0.0594. The molecule has 0 unspecified atom stereocenters. The largest absolute Gasteiger partial charge is 0.354 e. The van der Waals surface area contributed by atoms with Crippen LogP contribution in [0.4, 0.5) is 4.39 Å². The van der Waals surface area contributed by atoms with Gasteiger partial charge in [0.15, 0.2) is 0 Å². The van der Waals surface area contributed by atoms with Gasteiger partial charge in [0.05, 0.1) is 5.92 Å². The van der Waals surface area contributed by atoms with E-state index in [-0.39, 0.29) is 17.6 Å². The number of carbonyl (C=O) groups excluding carboxylic acids is 1. The van der Waals surface area contributed by atoms with Crippen LogP contribution in [0.3, 0.4) is 0 Å². The van der Waals surface area contributed by atoms with Gasteiger partial charge in [-0.25, -0.2) is 4.39 Å². The molecule has 1 heterocycles. The van der Waals surface area contributed by atoms with Gasteiger partial charge < -0.3 is 15.5 Å². The summed E-state index contributed by atoms with van der Waals surface area (Å²) >= 11 is 0. The maximum atomic E-state index is 12.8. The summed E-state index contributed by atoms with van der Waals surface area (Å²) in [5, 5.41) is 6.01. The average molecular weight is 265 g/mol. The predicted molar refractivity (Wildman–Crippen MR) is 72.1 cm³/mol. The van der Waals surface area contributed by atoms with E-state index in [1.807, 2.05) is 7.05 Å². The molecule has 1 saturated heterocycles. The van der Waals surface area contributed by atoms with Crippen LogP contribution in [0.25, 0.3) is 0 Å². The highest BCUT2D eigenvalue weighted by molar-refractivity contribution is 5.79. The van der Waals surface area contributed by atoms with Crippen molar-refractivity contribution in [3.05, 3.63) is 35.6 Å². The Morgan fingerprint density at radius 2 is 2.11 bits per heavy atom. The van der Waals surface area contributed by atoms with E-state index in [4.69, 9.17) is 0 Å². The third kappa shape index (κ3) is 4.29. The number of hydrogen-bond acceptors (Lipinski definition) is 3. The topological polar surface area (TPSA) is 44.4 Å². The van der Waals surface area contributed by atoms with Crippen LogP contribution in [0.15, 0.2) is 24.3 Å². The smallest absolute Gasteiger partial charge is 0.225 e. The Morgan fingerprint density at radius 1 is 1.42 bits per heavy atom. The zero-order valence-electron chi connectivity index (χ0n) is 11.2. The molecule has 2 rings (SSSR count). The van der Waals surface area contributed by atoms with Crippen LogP contribution in [0.2, 0.25) is 0 Å². The number of amides is 1. The molecule has 1 fully saturated rings. The fourth-order valence-electron chi connectivity index (χ4n) is 1.97. The van der Waals surface area contributed by atoms with E-state index in [1.165, 1.54) is 12.1 Å². The molecule has 0 aromatic heterocycles. The van der Waals surface area contributed by atoms with Crippen molar-refractivity contribution in [3.8, 4) is 0 Å². The Hall–Kier alpha value is -1.46. The molecule has 5 heteroatoms. The second-order valence-electron chi connectivity index (χ2n) is 5.01. The molecule has 104 valence electrons. The standard InChI is InChI=1S/C14H20FN3O/c1-18(10-11-2-4-13(15)5-3-11)7-6-17-14(19)12-8-16-9-12/h2-5,12,16H,6-10H2,1H3,(H,17,19). The second-order valence-corrected chi connectivity index (χ2v) is 5.01. The van der Waals surface area contributed by atoms with Gasteiger partial charge in [-0.2, -0.15) is 0 Å². The fourth-order valence-corrected chi connectivity index (χ4v) is 1.97. The first-order valence-corrected chi connectivity index (χ1v) is 6.56. The Kier molecular flexibility index (Phi) is 4.87. The lowest BCUT2D eigenvalue weighted by molar-refractivity contribution is -0.126. The van der Waals surface area contributed by atoms with E-state index >= 15 is 0 Å². The molecule has 1 amide bonds. The van der Waals surface area contributed by atoms with Crippen LogP contribution in [0.5, 0.6) is 0 Å². The molecule has 2 N–H and O–H groups in total. The van der Waals surface area contributed by atoms with Gasteiger partial charge in [0.1, 0.15) is 5.82 Å². The van der Waals surface area contributed by atoms with Crippen molar-refractivity contribution < 1.29 is 9.18 Å². The second kappa shape index (κ2) is 6.63. The molecule has 1 aliphatic rings. The van der Waals surface area contributed by atoms with Crippen molar-refractivity contribution in [2.75, 3.05) is 33.2 Å². The molecule has 0 radical (unpaired) electrons. The minimum absolute atomic E-state index is 0.133. The third-order valence-electron chi connectivity index (χ3n) is 3.31. The first-order chi connectivity index (χ1) is 9.15. The highest BCUT2D eigenvalue weighted by Gasteiger charge is 2.24. The van der Waals surface area contributed by atoms with Crippen molar-refractivity contribution >= 4 is 5.91 Å². The lowest BCUT2D eigenvalue weighted by Crippen LogP contribution is -2.51. The van der Waals surface area contributed by atoms with Crippen molar-refractivity contribution in [1.82, 2.24) is 15.5 Å². The SMILES string of the molecule is CN(CCNC(=O)C1CNC1)Cc1ccc(F)cc1. The van der Waals surface area contributed by atoms with E-state index in [0.717, 1.165) is 31.7 Å². The van der Waals surface area contributed by atoms with Crippen LogP contribution in [-0.4, -0.2) is 44.0 Å². The number of halogens is 1. The summed E-state index contributed by atoms with van der Waals surface area (Å²) in [6.07, 6.45) is 0. The number of nitrogens with one attached hydrogen (secondary N) is 2. The Labute approximate surface area is 113 Å². The van der Waals surface area contributed by atoms with E-state index in [9.17, 15) is 9.18 Å². The predicted octanol–water partition coefficient (Wildman–Crippen LogP) is 0.593. The number of hydrogen-bond donors (Lipinski definition) is 2. The molecule has 1 aromatic carbocycles. The lowest BCUT2D eigenvalue weighted by atomic mass is 10.0. The molecule has 19 heavy (non-hydrogen) atoms. The number of nitrogens with zero attached hydrogens (tertiary/aromatic N) is 1. The van der Waals surface area contributed by atoms with Crippen molar-refractivity contribution in [1.29, 1.82) is 0 Å². The third-order valence-corrected chi connectivity index (χ3v) is 3.31. The van der Waals surface area contributed by atoms with Gasteiger partial charge in [-0.05, 0) is 24.7 Å². The molecule has 0 aliphatic carbocycles. The van der Waals surface area contributed by atoms with Gasteiger partial charge in [-0.15, -0.1) is 0 Å². The van der Waals surface area contributed by atoms with Crippen molar-refractivity contribution in [2.24, 2.45) is 5.92 Å². The van der Waals surface area contributed by atoms with E-state index in [2.05, 4.69) is 15.5 Å². The molecule has 0 bridgehead atoms. The maximum absolute atomic E-state index is 12.8. The lowest BCUT2D eigenvalue weighted by Gasteiger charge is -2.26. The van der Waals surface area contributed by atoms with Gasteiger partial charge in [0.2, 0.25) is 5.91 Å². The van der Waals surface area contributed by atoms with Gasteiger partial charge in [0.25, 0.3) is 0 Å². The molecule has 1 aliphatic heterocycles. The normalized spacial score (nSPS) is 15.3. The summed E-state index contributed by atoms with van der Waals surface area (Å²) in [6, 6.07) is 6.50. The summed E-state index contributed by atoms with van der Waals surface area (Å²) in [5.41, 5.74) is 1.07. The first-order valence-electron chi connectivity index (χ1n) is 6.56. The highest BCUT2D eigenvalue weighted by atomic mass is 19.1. The van der Waals surface area contributed by atoms with Gasteiger partial charge >= 0.3 is 0 Å². The quantitative estimate of drug-likeness (QED) is 0.791. The fraction of sp³-hybridized carbons (Fsp3) is 0.500. The molecule has 4 nitrogen and oxygen atoms in total. The minimum atomic E-state index is -0.215. The van der Waals surface area contributed by atoms with Crippen LogP contribution < -0.4 is 10.6 Å². The molecular formula is C14H20FN3O. The van der Waals surface area contributed by atoms with E-state index in [1.54, 1.807) is 12.1 Å². The minimum Gasteiger partial charge on any atom is -0.354 e. The van der Waals surface area contributed by atoms with Gasteiger partial charge in [-0.1, -0.05) is 12.1 Å². The van der Waals surface area contributed by atoms with Crippen LogP contribution in [0, 0.1) is 11.7 Å². The highest BCUT2D eigenvalue weighted by Crippen LogP contribution is 2.05. The molecular weight excluding hydrogens is 245 g/mol. The van der Waals surface area contributed by atoms with Gasteiger partial charge in [0, 0.05) is 32.7 Å². The summed E-state index contributed by atoms with van der Waals surface area (Å²) in [6.45, 7) is 3.76. The van der Waals surface area contributed by atoms with E-state index < -0.39 is 0 Å². The monoisotopic (exact) mass is 265 g/mol. The van der Waals surface area contributed by atoms with Gasteiger partial charge in [-0.3, -0.25) is 4.79 Å². The van der Waals surface area contributed by atoms with Crippen LogP contribution in [0.1, 0.15) is 5.56 Å². The zero-order valence-corrected chi connectivity index (χ0v) is 11.2. The number of benzene rings is 1. The summed E-state index contributed by atoms with van der Waals surface area (Å²) in [7, 11) is 1.99. The van der Waals surface area contributed by atoms with Crippen molar-refractivity contribution in [2.45, 2.75) is 6.54 Å². The molecule has 0 atom stereocenters. The van der Waals surface area contributed by atoms with Crippen LogP contribution in [-0.2, 0) is 11.3 Å². The number of rotatable bonds is 6. The zero-order chi connectivity index (χ0) is 13.7. The molecule has 0 saturated carbocycles. The first kappa shape index (κ1) is 14.0. The Bertz CT molecular complexity index is 417. The Balaban J connectivity index is 1.65.